The zero-order chi connectivity index (χ0) is 13.7. The van der Waals surface area contributed by atoms with Gasteiger partial charge in [0.05, 0.1) is 24.7 Å². The first-order chi connectivity index (χ1) is 9.75. The van der Waals surface area contributed by atoms with E-state index >= 15 is 0 Å². The molecule has 1 amide bonds. The minimum absolute atomic E-state index is 0. The van der Waals surface area contributed by atoms with Gasteiger partial charge in [0.1, 0.15) is 0 Å². The molecule has 4 rings (SSSR count). The minimum atomic E-state index is 0. The number of carbonyl (C=O) groups excluding carboxylic acids is 1. The van der Waals surface area contributed by atoms with E-state index in [9.17, 15) is 4.79 Å². The molecule has 3 saturated carbocycles. The van der Waals surface area contributed by atoms with Gasteiger partial charge in [-0.3, -0.25) is 4.79 Å². The quantitative estimate of drug-likeness (QED) is 0.805. The molecule has 1 heterocycles. The molecule has 3 aliphatic carbocycles. The maximum Gasteiger partial charge on any atom is 0.227 e. The number of carbonyl (C=O) groups is 1. The fraction of sp³-hybridized carbons (Fsp3) is 0.938. The molecule has 6 atom stereocenters. The first kappa shape index (κ1) is 15.6. The molecule has 0 spiro atoms. The molecule has 4 fully saturated rings. The maximum atomic E-state index is 13.0. The van der Waals surface area contributed by atoms with Gasteiger partial charge in [-0.2, -0.15) is 0 Å². The fourth-order valence-electron chi connectivity index (χ4n) is 5.26. The van der Waals surface area contributed by atoms with E-state index in [0.717, 1.165) is 19.4 Å². The van der Waals surface area contributed by atoms with Gasteiger partial charge in [-0.15, -0.1) is 12.4 Å². The zero-order valence-electron chi connectivity index (χ0n) is 12.6. The Morgan fingerprint density at radius 1 is 1.10 bits per heavy atom. The Morgan fingerprint density at radius 3 is 2.62 bits per heavy atom. The van der Waals surface area contributed by atoms with Crippen LogP contribution in [0.15, 0.2) is 0 Å². The minimum Gasteiger partial charge on any atom is -0.374 e. The lowest BCUT2D eigenvalue weighted by Crippen LogP contribution is -2.58. The van der Waals surface area contributed by atoms with E-state index in [1.165, 1.54) is 32.1 Å². The largest absolute Gasteiger partial charge is 0.374 e. The molecule has 4 aliphatic rings. The second-order valence-electron chi connectivity index (χ2n) is 7.23. The van der Waals surface area contributed by atoms with Crippen molar-refractivity contribution in [1.29, 1.82) is 0 Å². The van der Waals surface area contributed by atoms with Crippen LogP contribution in [0.3, 0.4) is 0 Å². The summed E-state index contributed by atoms with van der Waals surface area (Å²) in [5.41, 5.74) is 6.36. The van der Waals surface area contributed by atoms with Crippen LogP contribution in [0.25, 0.3) is 0 Å². The monoisotopic (exact) mass is 314 g/mol. The van der Waals surface area contributed by atoms with Crippen LogP contribution in [-0.4, -0.2) is 42.1 Å². The first-order valence-electron chi connectivity index (χ1n) is 8.43. The Bertz CT molecular complexity index is 402. The van der Waals surface area contributed by atoms with Gasteiger partial charge in [0, 0.05) is 12.6 Å². The molecular weight excluding hydrogens is 288 g/mol. The molecule has 2 bridgehead atoms. The fourth-order valence-corrected chi connectivity index (χ4v) is 5.26. The van der Waals surface area contributed by atoms with Crippen molar-refractivity contribution in [2.75, 3.05) is 13.2 Å². The van der Waals surface area contributed by atoms with Crippen LogP contribution in [0.4, 0.5) is 0 Å². The van der Waals surface area contributed by atoms with Crippen LogP contribution in [-0.2, 0) is 9.53 Å². The van der Waals surface area contributed by atoms with E-state index in [0.29, 0.717) is 30.4 Å². The van der Waals surface area contributed by atoms with Gasteiger partial charge in [0.25, 0.3) is 0 Å². The molecule has 5 heteroatoms. The van der Waals surface area contributed by atoms with Crippen molar-refractivity contribution >= 4 is 18.3 Å². The van der Waals surface area contributed by atoms with Crippen molar-refractivity contribution in [2.45, 2.75) is 63.1 Å². The third kappa shape index (κ3) is 2.49. The molecular formula is C16H27ClN2O2. The highest BCUT2D eigenvalue weighted by Crippen LogP contribution is 2.48. The first-order valence-corrected chi connectivity index (χ1v) is 8.43. The summed E-state index contributed by atoms with van der Waals surface area (Å²) in [6.45, 7) is 1.49. The number of nitrogens with two attached hydrogens (primary N) is 1. The number of rotatable bonds is 1. The maximum absolute atomic E-state index is 13.0. The summed E-state index contributed by atoms with van der Waals surface area (Å²) >= 11 is 0. The number of halogens is 1. The summed E-state index contributed by atoms with van der Waals surface area (Å²) in [4.78, 5) is 15.2. The lowest BCUT2D eigenvalue weighted by atomic mass is 9.82. The number of ether oxygens (including phenoxy) is 1. The van der Waals surface area contributed by atoms with Crippen LogP contribution in [0.5, 0.6) is 0 Å². The molecule has 120 valence electrons. The van der Waals surface area contributed by atoms with E-state index in [4.69, 9.17) is 10.5 Å². The van der Waals surface area contributed by atoms with Gasteiger partial charge in [-0.25, -0.2) is 0 Å². The van der Waals surface area contributed by atoms with Gasteiger partial charge in [0.2, 0.25) is 5.91 Å². The predicted octanol–water partition coefficient (Wildman–Crippen LogP) is 1.95. The Kier molecular flexibility index (Phi) is 4.49. The van der Waals surface area contributed by atoms with Crippen LogP contribution < -0.4 is 5.73 Å². The van der Waals surface area contributed by atoms with E-state index in [2.05, 4.69) is 4.90 Å². The molecule has 6 unspecified atom stereocenters. The molecule has 0 aromatic carbocycles. The number of amides is 1. The Balaban J connectivity index is 0.00000132. The second kappa shape index (κ2) is 6.05. The summed E-state index contributed by atoms with van der Waals surface area (Å²) < 4.78 is 5.89. The molecule has 0 aromatic rings. The average molecular weight is 315 g/mol. The Morgan fingerprint density at radius 2 is 1.86 bits per heavy atom. The van der Waals surface area contributed by atoms with E-state index in [1.807, 2.05) is 0 Å². The van der Waals surface area contributed by atoms with Crippen LogP contribution in [0.1, 0.15) is 44.9 Å². The van der Waals surface area contributed by atoms with Crippen molar-refractivity contribution in [1.82, 2.24) is 4.90 Å². The number of hydrogen-bond donors (Lipinski definition) is 1. The normalized spacial score (nSPS) is 45.1. The molecule has 1 saturated heterocycles. The van der Waals surface area contributed by atoms with Crippen molar-refractivity contribution in [3.8, 4) is 0 Å². The standard InChI is InChI=1S/C16H26N2O2.ClH/c17-15-11-6-5-10(9-11)14(15)16(19)18-7-8-20-13-4-2-1-3-12(13)18;/h10-15H,1-9,17H2;1H. The van der Waals surface area contributed by atoms with Crippen molar-refractivity contribution < 1.29 is 9.53 Å². The number of nitrogens with zero attached hydrogens (tertiary/aromatic N) is 1. The zero-order valence-corrected chi connectivity index (χ0v) is 13.4. The average Bonchev–Trinajstić information content (AvgIpc) is 3.07. The summed E-state index contributed by atoms with van der Waals surface area (Å²) in [6.07, 6.45) is 8.65. The van der Waals surface area contributed by atoms with Crippen molar-refractivity contribution in [3.05, 3.63) is 0 Å². The van der Waals surface area contributed by atoms with E-state index in [-0.39, 0.29) is 30.5 Å². The molecule has 21 heavy (non-hydrogen) atoms. The summed E-state index contributed by atoms with van der Waals surface area (Å²) in [5.74, 6) is 1.63. The number of hydrogen-bond acceptors (Lipinski definition) is 3. The molecule has 4 nitrogen and oxygen atoms in total. The van der Waals surface area contributed by atoms with Gasteiger partial charge < -0.3 is 15.4 Å². The van der Waals surface area contributed by atoms with E-state index < -0.39 is 0 Å². The molecule has 1 aliphatic heterocycles. The highest BCUT2D eigenvalue weighted by molar-refractivity contribution is 5.85. The summed E-state index contributed by atoms with van der Waals surface area (Å²) in [7, 11) is 0. The van der Waals surface area contributed by atoms with Crippen molar-refractivity contribution in [3.63, 3.8) is 0 Å². The lowest BCUT2D eigenvalue weighted by Gasteiger charge is -2.45. The highest BCUT2D eigenvalue weighted by atomic mass is 35.5. The second-order valence-corrected chi connectivity index (χ2v) is 7.23. The molecule has 2 N–H and O–H groups in total. The highest BCUT2D eigenvalue weighted by Gasteiger charge is 2.51. The number of fused-ring (bicyclic) bond motifs is 3. The molecule has 0 radical (unpaired) electrons. The van der Waals surface area contributed by atoms with Gasteiger partial charge in [-0.1, -0.05) is 12.8 Å². The lowest BCUT2D eigenvalue weighted by molar-refractivity contribution is -0.155. The predicted molar refractivity (Wildman–Crippen MR) is 83.3 cm³/mol. The SMILES string of the molecule is Cl.NC1C2CCC(C2)C1C(=O)N1CCOC2CCCCC21. The van der Waals surface area contributed by atoms with Gasteiger partial charge in [0.15, 0.2) is 0 Å². The van der Waals surface area contributed by atoms with Crippen molar-refractivity contribution in [2.24, 2.45) is 23.5 Å². The Hall–Kier alpha value is -0.320. The third-order valence-electron chi connectivity index (χ3n) is 6.28. The smallest absolute Gasteiger partial charge is 0.227 e. The third-order valence-corrected chi connectivity index (χ3v) is 6.28. The number of morpholine rings is 1. The summed E-state index contributed by atoms with van der Waals surface area (Å²) in [5, 5.41) is 0. The van der Waals surface area contributed by atoms with Gasteiger partial charge in [-0.05, 0) is 43.9 Å². The topological polar surface area (TPSA) is 55.6 Å². The van der Waals surface area contributed by atoms with Crippen LogP contribution in [0, 0.1) is 17.8 Å². The van der Waals surface area contributed by atoms with Gasteiger partial charge >= 0.3 is 0 Å². The van der Waals surface area contributed by atoms with Crippen LogP contribution >= 0.6 is 12.4 Å². The van der Waals surface area contributed by atoms with Crippen LogP contribution in [0.2, 0.25) is 0 Å². The molecule has 0 aromatic heterocycles. The van der Waals surface area contributed by atoms with E-state index in [1.54, 1.807) is 0 Å². The Labute approximate surface area is 133 Å². The summed E-state index contributed by atoms with van der Waals surface area (Å²) in [6, 6.07) is 0.447.